The molecule has 0 aliphatic carbocycles. The molecule has 0 saturated carbocycles. The van der Waals surface area contributed by atoms with E-state index in [1.165, 1.54) is 0 Å². The Morgan fingerprint density at radius 3 is 2.94 bits per heavy atom. The smallest absolute Gasteiger partial charge is 0.222 e. The van der Waals surface area contributed by atoms with Gasteiger partial charge in [-0.1, -0.05) is 19.1 Å². The largest absolute Gasteiger partial charge is 0.497 e. The van der Waals surface area contributed by atoms with E-state index in [2.05, 4.69) is 5.32 Å². The fourth-order valence-electron chi connectivity index (χ4n) is 1.71. The zero-order valence-electron chi connectivity index (χ0n) is 11.1. The third kappa shape index (κ3) is 4.75. The standard InChI is InChI=1S/C14H22N2O2/c1-11(6-8-15)14(17)16-9-7-12-4-3-5-13(10-12)18-2/h3-5,10-11H,6-9,15H2,1-2H3,(H,16,17). The van der Waals surface area contributed by atoms with Gasteiger partial charge in [-0.3, -0.25) is 4.79 Å². The zero-order valence-corrected chi connectivity index (χ0v) is 11.1. The van der Waals surface area contributed by atoms with Gasteiger partial charge in [0.25, 0.3) is 0 Å². The Morgan fingerprint density at radius 1 is 1.50 bits per heavy atom. The summed E-state index contributed by atoms with van der Waals surface area (Å²) in [4.78, 5) is 11.7. The summed E-state index contributed by atoms with van der Waals surface area (Å²) >= 11 is 0. The summed E-state index contributed by atoms with van der Waals surface area (Å²) in [5, 5.41) is 2.92. The molecule has 1 amide bonds. The van der Waals surface area contributed by atoms with Gasteiger partial charge in [-0.05, 0) is 37.1 Å². The normalized spacial score (nSPS) is 11.9. The average Bonchev–Trinajstić information content (AvgIpc) is 2.39. The van der Waals surface area contributed by atoms with Gasteiger partial charge in [0.1, 0.15) is 5.75 Å². The fourth-order valence-corrected chi connectivity index (χ4v) is 1.71. The van der Waals surface area contributed by atoms with Crippen molar-refractivity contribution in [3.63, 3.8) is 0 Å². The van der Waals surface area contributed by atoms with E-state index in [0.29, 0.717) is 13.1 Å². The first-order valence-corrected chi connectivity index (χ1v) is 6.28. The van der Waals surface area contributed by atoms with Crippen molar-refractivity contribution in [2.24, 2.45) is 11.7 Å². The van der Waals surface area contributed by atoms with Crippen LogP contribution in [-0.4, -0.2) is 26.1 Å². The van der Waals surface area contributed by atoms with E-state index in [0.717, 1.165) is 24.2 Å². The lowest BCUT2D eigenvalue weighted by molar-refractivity contribution is -0.124. The Morgan fingerprint density at radius 2 is 2.28 bits per heavy atom. The summed E-state index contributed by atoms with van der Waals surface area (Å²) in [5.74, 6) is 0.902. The van der Waals surface area contributed by atoms with Crippen molar-refractivity contribution in [2.75, 3.05) is 20.2 Å². The number of ether oxygens (including phenoxy) is 1. The highest BCUT2D eigenvalue weighted by atomic mass is 16.5. The van der Waals surface area contributed by atoms with Crippen LogP contribution < -0.4 is 15.8 Å². The lowest BCUT2D eigenvalue weighted by Gasteiger charge is -2.11. The minimum Gasteiger partial charge on any atom is -0.497 e. The number of nitrogens with two attached hydrogens (primary N) is 1. The maximum Gasteiger partial charge on any atom is 0.222 e. The molecule has 100 valence electrons. The predicted octanol–water partition coefficient (Wildman–Crippen LogP) is 1.34. The van der Waals surface area contributed by atoms with E-state index in [-0.39, 0.29) is 11.8 Å². The molecular weight excluding hydrogens is 228 g/mol. The van der Waals surface area contributed by atoms with Crippen LogP contribution in [0.4, 0.5) is 0 Å². The monoisotopic (exact) mass is 250 g/mol. The topological polar surface area (TPSA) is 64.3 Å². The molecule has 1 rings (SSSR count). The molecule has 4 heteroatoms. The molecule has 0 saturated heterocycles. The number of amides is 1. The van der Waals surface area contributed by atoms with Crippen molar-refractivity contribution in [1.29, 1.82) is 0 Å². The van der Waals surface area contributed by atoms with Gasteiger partial charge in [0.2, 0.25) is 5.91 Å². The predicted molar refractivity (Wildman–Crippen MR) is 72.5 cm³/mol. The van der Waals surface area contributed by atoms with Crippen molar-refractivity contribution in [3.8, 4) is 5.75 Å². The molecule has 0 bridgehead atoms. The van der Waals surface area contributed by atoms with E-state index >= 15 is 0 Å². The molecule has 0 aromatic heterocycles. The molecule has 1 unspecified atom stereocenters. The summed E-state index contributed by atoms with van der Waals surface area (Å²) in [6, 6.07) is 7.87. The number of carbonyl (C=O) groups is 1. The maximum absolute atomic E-state index is 11.7. The Bertz CT molecular complexity index is 380. The van der Waals surface area contributed by atoms with Gasteiger partial charge in [0.05, 0.1) is 7.11 Å². The molecule has 18 heavy (non-hydrogen) atoms. The number of nitrogens with one attached hydrogen (secondary N) is 1. The van der Waals surface area contributed by atoms with Crippen LogP contribution in [-0.2, 0) is 11.2 Å². The van der Waals surface area contributed by atoms with Gasteiger partial charge < -0.3 is 15.8 Å². The Balaban J connectivity index is 2.34. The highest BCUT2D eigenvalue weighted by Gasteiger charge is 2.10. The maximum atomic E-state index is 11.7. The second kappa shape index (κ2) is 7.71. The molecule has 0 aliphatic heterocycles. The second-order valence-electron chi connectivity index (χ2n) is 4.37. The van der Waals surface area contributed by atoms with Crippen LogP contribution in [0.5, 0.6) is 5.75 Å². The Hall–Kier alpha value is -1.55. The minimum atomic E-state index is -0.0136. The number of benzene rings is 1. The van der Waals surface area contributed by atoms with Gasteiger partial charge in [0.15, 0.2) is 0 Å². The van der Waals surface area contributed by atoms with Crippen molar-refractivity contribution in [1.82, 2.24) is 5.32 Å². The van der Waals surface area contributed by atoms with E-state index in [1.54, 1.807) is 7.11 Å². The molecule has 1 aromatic carbocycles. The van der Waals surface area contributed by atoms with Crippen LogP contribution in [0.3, 0.4) is 0 Å². The Kier molecular flexibility index (Phi) is 6.22. The summed E-state index contributed by atoms with van der Waals surface area (Å²) in [6.07, 6.45) is 1.53. The van der Waals surface area contributed by atoms with Crippen molar-refractivity contribution < 1.29 is 9.53 Å². The first kappa shape index (κ1) is 14.5. The van der Waals surface area contributed by atoms with Crippen molar-refractivity contribution >= 4 is 5.91 Å². The van der Waals surface area contributed by atoms with E-state index in [9.17, 15) is 4.79 Å². The SMILES string of the molecule is COc1cccc(CCNC(=O)C(C)CCN)c1. The first-order valence-electron chi connectivity index (χ1n) is 6.28. The van der Waals surface area contributed by atoms with Crippen LogP contribution in [0.2, 0.25) is 0 Å². The molecule has 0 spiro atoms. The fraction of sp³-hybridized carbons (Fsp3) is 0.500. The van der Waals surface area contributed by atoms with Crippen LogP contribution in [0.1, 0.15) is 18.9 Å². The van der Waals surface area contributed by atoms with E-state index < -0.39 is 0 Å². The highest BCUT2D eigenvalue weighted by molar-refractivity contribution is 5.78. The molecule has 0 fully saturated rings. The lowest BCUT2D eigenvalue weighted by Crippen LogP contribution is -2.31. The summed E-state index contributed by atoms with van der Waals surface area (Å²) in [6.45, 7) is 3.08. The number of hydrogen-bond acceptors (Lipinski definition) is 3. The van der Waals surface area contributed by atoms with Gasteiger partial charge in [-0.25, -0.2) is 0 Å². The summed E-state index contributed by atoms with van der Waals surface area (Å²) < 4.78 is 5.15. The molecule has 3 N–H and O–H groups in total. The molecular formula is C14H22N2O2. The molecule has 0 aliphatic rings. The lowest BCUT2D eigenvalue weighted by atomic mass is 10.1. The van der Waals surface area contributed by atoms with E-state index in [4.69, 9.17) is 10.5 Å². The molecule has 1 aromatic rings. The summed E-state index contributed by atoms with van der Waals surface area (Å²) in [5.41, 5.74) is 6.58. The van der Waals surface area contributed by atoms with E-state index in [1.807, 2.05) is 31.2 Å². The van der Waals surface area contributed by atoms with Crippen LogP contribution in [0.15, 0.2) is 24.3 Å². The molecule has 4 nitrogen and oxygen atoms in total. The van der Waals surface area contributed by atoms with Crippen molar-refractivity contribution in [2.45, 2.75) is 19.8 Å². The molecule has 1 atom stereocenters. The highest BCUT2D eigenvalue weighted by Crippen LogP contribution is 2.12. The quantitative estimate of drug-likeness (QED) is 0.767. The third-order valence-electron chi connectivity index (χ3n) is 2.89. The van der Waals surface area contributed by atoms with Crippen LogP contribution in [0.25, 0.3) is 0 Å². The Labute approximate surface area is 109 Å². The molecule has 0 radical (unpaired) electrons. The second-order valence-corrected chi connectivity index (χ2v) is 4.37. The van der Waals surface area contributed by atoms with Gasteiger partial charge in [0, 0.05) is 12.5 Å². The van der Waals surface area contributed by atoms with Crippen LogP contribution in [0, 0.1) is 5.92 Å². The van der Waals surface area contributed by atoms with Crippen molar-refractivity contribution in [3.05, 3.63) is 29.8 Å². The van der Waals surface area contributed by atoms with Gasteiger partial charge in [-0.15, -0.1) is 0 Å². The minimum absolute atomic E-state index is 0.0136. The zero-order chi connectivity index (χ0) is 13.4. The number of carbonyl (C=O) groups excluding carboxylic acids is 1. The average molecular weight is 250 g/mol. The summed E-state index contributed by atoms with van der Waals surface area (Å²) in [7, 11) is 1.65. The van der Waals surface area contributed by atoms with Crippen LogP contribution >= 0.6 is 0 Å². The third-order valence-corrected chi connectivity index (χ3v) is 2.89. The number of methoxy groups -OCH3 is 1. The van der Waals surface area contributed by atoms with Gasteiger partial charge >= 0.3 is 0 Å². The number of rotatable bonds is 7. The molecule has 0 heterocycles. The number of hydrogen-bond donors (Lipinski definition) is 2. The first-order chi connectivity index (χ1) is 8.67. The van der Waals surface area contributed by atoms with Gasteiger partial charge in [-0.2, -0.15) is 0 Å².